The molecule has 6 heteroatoms. The van der Waals surface area contributed by atoms with Crippen molar-refractivity contribution < 1.29 is 19.1 Å². The summed E-state index contributed by atoms with van der Waals surface area (Å²) in [7, 11) is 1.39. The van der Waals surface area contributed by atoms with Crippen molar-refractivity contribution >= 4 is 5.97 Å². The maximum absolute atomic E-state index is 11.5. The minimum atomic E-state index is -0.456. The van der Waals surface area contributed by atoms with Gasteiger partial charge < -0.3 is 14.3 Å². The summed E-state index contributed by atoms with van der Waals surface area (Å²) in [6.07, 6.45) is 2.77. The van der Waals surface area contributed by atoms with Crippen LogP contribution in [0.3, 0.4) is 0 Å². The lowest BCUT2D eigenvalue weighted by atomic mass is 9.98. The number of rotatable bonds is 3. The lowest BCUT2D eigenvalue weighted by molar-refractivity contribution is -0.147. The van der Waals surface area contributed by atoms with Crippen molar-refractivity contribution in [2.45, 2.75) is 19.4 Å². The monoisotopic (exact) mass is 267 g/mol. The van der Waals surface area contributed by atoms with E-state index in [0.29, 0.717) is 18.8 Å². The van der Waals surface area contributed by atoms with Gasteiger partial charge in [-0.15, -0.1) is 0 Å². The fourth-order valence-electron chi connectivity index (χ4n) is 2.31. The topological polar surface area (TPSA) is 80.0 Å². The quantitative estimate of drug-likeness (QED) is 0.813. The van der Waals surface area contributed by atoms with Crippen LogP contribution in [0.2, 0.25) is 0 Å². The molecule has 104 valence electrons. The van der Waals surface area contributed by atoms with Gasteiger partial charge in [0.15, 0.2) is 5.75 Å². The molecule has 1 atom stereocenters. The minimum Gasteiger partial charge on any atom is -0.502 e. The fourth-order valence-corrected chi connectivity index (χ4v) is 2.31. The Balaban J connectivity index is 2.00. The van der Waals surface area contributed by atoms with E-state index in [1.807, 2.05) is 4.90 Å². The molecule has 0 bridgehead atoms. The summed E-state index contributed by atoms with van der Waals surface area (Å²) in [6, 6.07) is 1.27. The summed E-state index contributed by atoms with van der Waals surface area (Å²) in [6.45, 7) is 1.89. The standard InChI is InChI=1S/C13H17NO5/c1-18-13(17)9-3-2-4-14(6-9)7-10-5-11(15)12(16)8-19-10/h5,8-9,16H,2-4,6-7H2,1H3/t9-/m0/s1. The van der Waals surface area contributed by atoms with Crippen LogP contribution < -0.4 is 5.43 Å². The fraction of sp³-hybridized carbons (Fsp3) is 0.538. The number of hydrogen-bond donors (Lipinski definition) is 1. The van der Waals surface area contributed by atoms with Crippen LogP contribution >= 0.6 is 0 Å². The first-order chi connectivity index (χ1) is 9.10. The number of piperidine rings is 1. The molecule has 1 aliphatic rings. The molecule has 0 unspecified atom stereocenters. The van der Waals surface area contributed by atoms with Gasteiger partial charge in [0.25, 0.3) is 0 Å². The third-order valence-electron chi connectivity index (χ3n) is 3.29. The van der Waals surface area contributed by atoms with Gasteiger partial charge in [0.1, 0.15) is 12.0 Å². The predicted octanol–water partition coefficient (Wildman–Crippen LogP) is 0.730. The van der Waals surface area contributed by atoms with Crippen molar-refractivity contribution in [3.8, 4) is 5.75 Å². The van der Waals surface area contributed by atoms with Crippen LogP contribution in [0.25, 0.3) is 0 Å². The zero-order valence-electron chi connectivity index (χ0n) is 10.8. The van der Waals surface area contributed by atoms with Crippen molar-refractivity contribution in [2.75, 3.05) is 20.2 Å². The van der Waals surface area contributed by atoms with Gasteiger partial charge in [-0.2, -0.15) is 0 Å². The summed E-state index contributed by atoms with van der Waals surface area (Å²) in [5.74, 6) is -0.234. The molecule has 0 amide bonds. The van der Waals surface area contributed by atoms with E-state index in [2.05, 4.69) is 0 Å². The summed E-state index contributed by atoms with van der Waals surface area (Å²) >= 11 is 0. The number of carbonyl (C=O) groups excluding carboxylic acids is 1. The van der Waals surface area contributed by atoms with Gasteiger partial charge in [-0.05, 0) is 19.4 Å². The van der Waals surface area contributed by atoms with Crippen LogP contribution in [-0.2, 0) is 16.1 Å². The predicted molar refractivity (Wildman–Crippen MR) is 66.7 cm³/mol. The van der Waals surface area contributed by atoms with E-state index in [0.717, 1.165) is 25.6 Å². The zero-order valence-corrected chi connectivity index (χ0v) is 10.8. The molecular weight excluding hydrogens is 250 g/mol. The lowest BCUT2D eigenvalue weighted by Crippen LogP contribution is -2.38. The second kappa shape index (κ2) is 5.88. The van der Waals surface area contributed by atoms with Gasteiger partial charge in [0.05, 0.1) is 19.6 Å². The van der Waals surface area contributed by atoms with Gasteiger partial charge in [-0.25, -0.2) is 0 Å². The van der Waals surface area contributed by atoms with Crippen molar-refractivity contribution in [3.05, 3.63) is 28.3 Å². The van der Waals surface area contributed by atoms with E-state index in [-0.39, 0.29) is 11.9 Å². The van der Waals surface area contributed by atoms with E-state index in [1.54, 1.807) is 0 Å². The third kappa shape index (κ3) is 3.35. The van der Waals surface area contributed by atoms with Crippen molar-refractivity contribution in [3.63, 3.8) is 0 Å². The minimum absolute atomic E-state index is 0.123. The van der Waals surface area contributed by atoms with E-state index in [1.165, 1.54) is 13.2 Å². The van der Waals surface area contributed by atoms with Gasteiger partial charge in [0.2, 0.25) is 5.43 Å². The molecule has 1 fully saturated rings. The molecule has 0 spiro atoms. The van der Waals surface area contributed by atoms with Crippen LogP contribution in [0.15, 0.2) is 21.5 Å². The Hall–Kier alpha value is -1.82. The van der Waals surface area contributed by atoms with Crippen LogP contribution in [0.1, 0.15) is 18.6 Å². The molecule has 19 heavy (non-hydrogen) atoms. The Morgan fingerprint density at radius 3 is 3.11 bits per heavy atom. The molecule has 1 saturated heterocycles. The molecule has 0 saturated carbocycles. The zero-order chi connectivity index (χ0) is 13.8. The molecule has 2 rings (SSSR count). The molecule has 0 aromatic carbocycles. The highest BCUT2D eigenvalue weighted by Crippen LogP contribution is 2.19. The summed E-state index contributed by atoms with van der Waals surface area (Å²) in [5.41, 5.74) is -0.456. The van der Waals surface area contributed by atoms with Crippen LogP contribution in [0.4, 0.5) is 0 Å². The van der Waals surface area contributed by atoms with E-state index in [4.69, 9.17) is 14.3 Å². The number of ether oxygens (including phenoxy) is 1. The number of likely N-dealkylation sites (tertiary alicyclic amines) is 1. The molecule has 2 heterocycles. The van der Waals surface area contributed by atoms with E-state index >= 15 is 0 Å². The SMILES string of the molecule is COC(=O)[C@H]1CCCN(Cc2cc(=O)c(O)co2)C1. The van der Waals surface area contributed by atoms with Crippen molar-refractivity contribution in [1.82, 2.24) is 4.90 Å². The first-order valence-electron chi connectivity index (χ1n) is 6.21. The lowest BCUT2D eigenvalue weighted by Gasteiger charge is -2.30. The second-order valence-corrected chi connectivity index (χ2v) is 4.69. The van der Waals surface area contributed by atoms with Gasteiger partial charge in [-0.3, -0.25) is 14.5 Å². The molecule has 0 aliphatic carbocycles. The second-order valence-electron chi connectivity index (χ2n) is 4.69. The number of methoxy groups -OCH3 is 1. The molecule has 1 aliphatic heterocycles. The summed E-state index contributed by atoms with van der Waals surface area (Å²) < 4.78 is 9.91. The van der Waals surface area contributed by atoms with Crippen molar-refractivity contribution in [1.29, 1.82) is 0 Å². The average Bonchev–Trinajstić information content (AvgIpc) is 2.42. The van der Waals surface area contributed by atoms with Crippen LogP contribution in [0.5, 0.6) is 5.75 Å². The Morgan fingerprint density at radius 1 is 1.63 bits per heavy atom. The number of aromatic hydroxyl groups is 1. The largest absolute Gasteiger partial charge is 0.502 e. The van der Waals surface area contributed by atoms with Gasteiger partial charge in [-0.1, -0.05) is 0 Å². The molecule has 1 N–H and O–H groups in total. The number of esters is 1. The van der Waals surface area contributed by atoms with E-state index in [9.17, 15) is 9.59 Å². The third-order valence-corrected chi connectivity index (χ3v) is 3.29. The average molecular weight is 267 g/mol. The first-order valence-corrected chi connectivity index (χ1v) is 6.21. The first kappa shape index (κ1) is 13.6. The molecule has 0 radical (unpaired) electrons. The highest BCUT2D eigenvalue weighted by Gasteiger charge is 2.26. The summed E-state index contributed by atoms with van der Waals surface area (Å²) in [5, 5.41) is 9.12. The highest BCUT2D eigenvalue weighted by molar-refractivity contribution is 5.72. The maximum Gasteiger partial charge on any atom is 0.309 e. The highest BCUT2D eigenvalue weighted by atomic mass is 16.5. The van der Waals surface area contributed by atoms with Crippen LogP contribution in [0, 0.1) is 5.92 Å². The maximum atomic E-state index is 11.5. The van der Waals surface area contributed by atoms with E-state index < -0.39 is 11.2 Å². The molecular formula is C13H17NO5. The molecule has 1 aromatic heterocycles. The molecule has 1 aromatic rings. The Labute approximate surface area is 110 Å². The number of carbonyl (C=O) groups is 1. The van der Waals surface area contributed by atoms with Gasteiger partial charge >= 0.3 is 5.97 Å². The Morgan fingerprint density at radius 2 is 2.42 bits per heavy atom. The van der Waals surface area contributed by atoms with Crippen molar-refractivity contribution in [2.24, 2.45) is 5.92 Å². The summed E-state index contributed by atoms with van der Waals surface area (Å²) in [4.78, 5) is 24.8. The smallest absolute Gasteiger partial charge is 0.309 e. The number of hydrogen-bond acceptors (Lipinski definition) is 6. The number of nitrogens with zero attached hydrogens (tertiary/aromatic N) is 1. The Kier molecular flexibility index (Phi) is 4.21. The van der Waals surface area contributed by atoms with Gasteiger partial charge in [0, 0.05) is 12.6 Å². The molecule has 6 nitrogen and oxygen atoms in total. The van der Waals surface area contributed by atoms with Crippen LogP contribution in [-0.4, -0.2) is 36.2 Å². The normalized spacial score (nSPS) is 20.2. The Bertz CT molecular complexity index is 510.